The summed E-state index contributed by atoms with van der Waals surface area (Å²) in [5.74, 6) is 0.664. The smallest absolute Gasteiger partial charge is 0.258 e. The molecular weight excluding hydrogens is 443 g/mol. The van der Waals surface area contributed by atoms with Crippen LogP contribution in [0.5, 0.6) is 5.75 Å². The van der Waals surface area contributed by atoms with E-state index in [4.69, 9.17) is 4.74 Å². The molecule has 0 atom stereocenters. The molecule has 2 aromatic carbocycles. The van der Waals surface area contributed by atoms with E-state index in [-0.39, 0.29) is 18.4 Å². The van der Waals surface area contributed by atoms with E-state index in [1.165, 1.54) is 0 Å². The zero-order chi connectivity index (χ0) is 18.4. The van der Waals surface area contributed by atoms with E-state index in [0.717, 1.165) is 34.2 Å². The molecule has 6 heteroatoms. The van der Waals surface area contributed by atoms with E-state index in [9.17, 15) is 9.59 Å². The lowest BCUT2D eigenvalue weighted by molar-refractivity contribution is -0.123. The lowest BCUT2D eigenvalue weighted by Gasteiger charge is -2.27. The van der Waals surface area contributed by atoms with Crippen LogP contribution < -0.4 is 15.0 Å². The molecule has 136 valence electrons. The van der Waals surface area contributed by atoms with Crippen LogP contribution >= 0.6 is 22.6 Å². The summed E-state index contributed by atoms with van der Waals surface area (Å²) in [7, 11) is 0. The summed E-state index contributed by atoms with van der Waals surface area (Å²) < 4.78 is 6.59. The third kappa shape index (κ3) is 5.20. The first-order valence-corrected chi connectivity index (χ1v) is 9.74. The molecule has 1 aliphatic rings. The summed E-state index contributed by atoms with van der Waals surface area (Å²) >= 11 is 2.22. The highest BCUT2D eigenvalue weighted by atomic mass is 127. The third-order valence-electron chi connectivity index (χ3n) is 4.22. The predicted molar refractivity (Wildman–Crippen MR) is 109 cm³/mol. The second kappa shape index (κ2) is 9.02. The highest BCUT2D eigenvalue weighted by Crippen LogP contribution is 2.22. The van der Waals surface area contributed by atoms with Crippen LogP contribution in [0.2, 0.25) is 0 Å². The Kier molecular flexibility index (Phi) is 6.49. The summed E-state index contributed by atoms with van der Waals surface area (Å²) in [6.45, 7) is 1.15. The van der Waals surface area contributed by atoms with E-state index < -0.39 is 0 Å². The first kappa shape index (κ1) is 18.7. The number of piperidine rings is 1. The molecule has 0 bridgehead atoms. The molecule has 5 nitrogen and oxygen atoms in total. The summed E-state index contributed by atoms with van der Waals surface area (Å²) in [5.41, 5.74) is 1.86. The average molecular weight is 464 g/mol. The van der Waals surface area contributed by atoms with Gasteiger partial charge in [0.1, 0.15) is 5.75 Å². The number of hydrogen-bond acceptors (Lipinski definition) is 3. The molecular formula is C20H21IN2O3. The summed E-state index contributed by atoms with van der Waals surface area (Å²) in [4.78, 5) is 25.9. The van der Waals surface area contributed by atoms with Crippen LogP contribution in [0.1, 0.15) is 24.8 Å². The van der Waals surface area contributed by atoms with Crippen LogP contribution in [0, 0.1) is 3.57 Å². The van der Waals surface area contributed by atoms with Crippen molar-refractivity contribution in [3.63, 3.8) is 0 Å². The summed E-state index contributed by atoms with van der Waals surface area (Å²) in [6, 6.07) is 15.3. The van der Waals surface area contributed by atoms with Crippen LogP contribution in [-0.4, -0.2) is 25.0 Å². The van der Waals surface area contributed by atoms with Gasteiger partial charge in [-0.3, -0.25) is 9.59 Å². The number of carbonyl (C=O) groups is 2. The minimum atomic E-state index is -0.178. The molecule has 1 saturated heterocycles. The van der Waals surface area contributed by atoms with Crippen molar-refractivity contribution in [3.05, 3.63) is 57.7 Å². The molecule has 1 N–H and O–H groups in total. The van der Waals surface area contributed by atoms with Gasteiger partial charge >= 0.3 is 0 Å². The zero-order valence-electron chi connectivity index (χ0n) is 14.4. The van der Waals surface area contributed by atoms with Crippen molar-refractivity contribution >= 4 is 40.1 Å². The van der Waals surface area contributed by atoms with Gasteiger partial charge in [0.15, 0.2) is 6.61 Å². The fourth-order valence-electron chi connectivity index (χ4n) is 2.84. The number of rotatable bonds is 6. The largest absolute Gasteiger partial charge is 0.484 e. The molecule has 0 aromatic heterocycles. The van der Waals surface area contributed by atoms with E-state index in [1.807, 2.05) is 53.4 Å². The lowest BCUT2D eigenvalue weighted by atomic mass is 10.1. The fourth-order valence-corrected chi connectivity index (χ4v) is 3.20. The number of hydrogen-bond donors (Lipinski definition) is 1. The Morgan fingerprint density at radius 3 is 2.73 bits per heavy atom. The van der Waals surface area contributed by atoms with Crippen LogP contribution in [0.15, 0.2) is 48.5 Å². The van der Waals surface area contributed by atoms with Gasteiger partial charge in [-0.1, -0.05) is 12.1 Å². The molecule has 0 radical (unpaired) electrons. The van der Waals surface area contributed by atoms with Crippen molar-refractivity contribution in [1.82, 2.24) is 5.32 Å². The van der Waals surface area contributed by atoms with E-state index >= 15 is 0 Å². The maximum absolute atomic E-state index is 12.1. The van der Waals surface area contributed by atoms with Gasteiger partial charge in [-0.15, -0.1) is 0 Å². The van der Waals surface area contributed by atoms with Gasteiger partial charge in [-0.25, -0.2) is 0 Å². The van der Waals surface area contributed by atoms with Gasteiger partial charge in [0, 0.05) is 28.8 Å². The SMILES string of the molecule is O=C(COc1ccc(I)cc1)NCc1cccc(N2CCCCC2=O)c1. The van der Waals surface area contributed by atoms with Crippen molar-refractivity contribution in [2.45, 2.75) is 25.8 Å². The minimum Gasteiger partial charge on any atom is -0.484 e. The molecule has 1 aliphatic heterocycles. The van der Waals surface area contributed by atoms with Crippen molar-refractivity contribution in [2.24, 2.45) is 0 Å². The number of nitrogens with zero attached hydrogens (tertiary/aromatic N) is 1. The van der Waals surface area contributed by atoms with E-state index in [2.05, 4.69) is 27.9 Å². The van der Waals surface area contributed by atoms with Gasteiger partial charge < -0.3 is 15.0 Å². The van der Waals surface area contributed by atoms with Crippen molar-refractivity contribution in [3.8, 4) is 5.75 Å². The van der Waals surface area contributed by atoms with Gasteiger partial charge in [0.25, 0.3) is 5.91 Å². The van der Waals surface area contributed by atoms with Crippen molar-refractivity contribution < 1.29 is 14.3 Å². The molecule has 26 heavy (non-hydrogen) atoms. The maximum Gasteiger partial charge on any atom is 0.258 e. The number of carbonyl (C=O) groups excluding carboxylic acids is 2. The van der Waals surface area contributed by atoms with Gasteiger partial charge in [0.2, 0.25) is 5.91 Å². The van der Waals surface area contributed by atoms with Gasteiger partial charge in [-0.2, -0.15) is 0 Å². The number of halogens is 1. The number of amides is 2. The molecule has 2 aromatic rings. The van der Waals surface area contributed by atoms with Crippen molar-refractivity contribution in [1.29, 1.82) is 0 Å². The maximum atomic E-state index is 12.1. The molecule has 0 spiro atoms. The highest BCUT2D eigenvalue weighted by Gasteiger charge is 2.19. The van der Waals surface area contributed by atoms with Gasteiger partial charge in [-0.05, 0) is 77.4 Å². The summed E-state index contributed by atoms with van der Waals surface area (Å²) in [5, 5.41) is 2.85. The van der Waals surface area contributed by atoms with Gasteiger partial charge in [0.05, 0.1) is 0 Å². The second-order valence-corrected chi connectivity index (χ2v) is 7.44. The lowest BCUT2D eigenvalue weighted by Crippen LogP contribution is -2.35. The van der Waals surface area contributed by atoms with Crippen molar-refractivity contribution in [2.75, 3.05) is 18.1 Å². The standard InChI is InChI=1S/C20H21IN2O3/c21-16-7-9-18(10-8-16)26-14-19(24)22-13-15-4-3-5-17(12-15)23-11-2-1-6-20(23)25/h3-5,7-10,12H,1-2,6,11,13-14H2,(H,22,24). The van der Waals surface area contributed by atoms with E-state index in [0.29, 0.717) is 18.7 Å². The van der Waals surface area contributed by atoms with Crippen LogP contribution in [0.25, 0.3) is 0 Å². The Labute approximate surface area is 166 Å². The zero-order valence-corrected chi connectivity index (χ0v) is 16.6. The quantitative estimate of drug-likeness (QED) is 0.666. The Bertz CT molecular complexity index is 777. The molecule has 0 unspecified atom stereocenters. The summed E-state index contributed by atoms with van der Waals surface area (Å²) in [6.07, 6.45) is 2.60. The average Bonchev–Trinajstić information content (AvgIpc) is 2.66. The molecule has 0 saturated carbocycles. The number of nitrogens with one attached hydrogen (secondary N) is 1. The number of benzene rings is 2. The predicted octanol–water partition coefficient (Wildman–Crippen LogP) is 3.50. The van der Waals surface area contributed by atoms with Crippen LogP contribution in [-0.2, 0) is 16.1 Å². The monoisotopic (exact) mass is 464 g/mol. The Morgan fingerprint density at radius 1 is 1.15 bits per heavy atom. The first-order valence-electron chi connectivity index (χ1n) is 8.66. The Balaban J connectivity index is 1.51. The Morgan fingerprint density at radius 2 is 1.96 bits per heavy atom. The van der Waals surface area contributed by atoms with Crippen LogP contribution in [0.3, 0.4) is 0 Å². The molecule has 3 rings (SSSR count). The molecule has 2 amide bonds. The number of anilines is 1. The topological polar surface area (TPSA) is 58.6 Å². The Hall–Kier alpha value is -2.09. The second-order valence-electron chi connectivity index (χ2n) is 6.19. The molecule has 0 aliphatic carbocycles. The van der Waals surface area contributed by atoms with Crippen LogP contribution in [0.4, 0.5) is 5.69 Å². The molecule has 1 fully saturated rings. The minimum absolute atomic E-state index is 0.0229. The normalized spacial score (nSPS) is 14.2. The van der Waals surface area contributed by atoms with E-state index in [1.54, 1.807) is 0 Å². The number of ether oxygens (including phenoxy) is 1. The fraction of sp³-hybridized carbons (Fsp3) is 0.300. The highest BCUT2D eigenvalue weighted by molar-refractivity contribution is 14.1. The first-order chi connectivity index (χ1) is 12.6. The third-order valence-corrected chi connectivity index (χ3v) is 4.94. The molecule has 1 heterocycles.